The number of nitrogen functional groups attached to an aromatic ring is 2. The molecule has 222 valence electrons. The predicted octanol–water partition coefficient (Wildman–Crippen LogP) is 4.44. The first-order valence-electron chi connectivity index (χ1n) is 12.4. The lowest BCUT2D eigenvalue weighted by molar-refractivity contribution is -0.153. The van der Waals surface area contributed by atoms with Gasteiger partial charge in [0.05, 0.1) is 24.3 Å². The Bertz CT molecular complexity index is 1370. The summed E-state index contributed by atoms with van der Waals surface area (Å²) < 4.78 is 61.9. The number of nitrogens with two attached hydrogens (primary N) is 2. The van der Waals surface area contributed by atoms with Crippen LogP contribution in [-0.4, -0.2) is 57.1 Å². The summed E-state index contributed by atoms with van der Waals surface area (Å²) >= 11 is 0. The maximum absolute atomic E-state index is 12.3. The zero-order valence-electron chi connectivity index (χ0n) is 22.1. The highest BCUT2D eigenvalue weighted by Crippen LogP contribution is 2.20. The minimum Gasteiger partial charge on any atom is -0.484 e. The van der Waals surface area contributed by atoms with E-state index in [-0.39, 0.29) is 49.1 Å². The van der Waals surface area contributed by atoms with Crippen molar-refractivity contribution < 1.29 is 51.2 Å². The average Bonchev–Trinajstić information content (AvgIpc) is 2.94. The number of hydrogen-bond donors (Lipinski definition) is 2. The second-order valence-electron chi connectivity index (χ2n) is 8.52. The van der Waals surface area contributed by atoms with Crippen LogP contribution in [0, 0.1) is 0 Å². The Balaban J connectivity index is 1.31. The first-order chi connectivity index (χ1) is 20.0. The normalized spacial score (nSPS) is 11.2. The maximum Gasteiger partial charge on any atom is 0.422 e. The number of halogens is 3. The number of carbonyl (C=O) groups is 3. The van der Waals surface area contributed by atoms with Crippen LogP contribution in [0.25, 0.3) is 6.08 Å². The number of benzene rings is 3. The van der Waals surface area contributed by atoms with Gasteiger partial charge in [-0.15, -0.1) is 0 Å². The Labute approximate surface area is 238 Å². The molecule has 0 aliphatic carbocycles. The molecule has 0 aliphatic heterocycles. The van der Waals surface area contributed by atoms with Gasteiger partial charge in [0, 0.05) is 17.5 Å². The average molecular weight is 589 g/mol. The molecule has 3 aromatic rings. The van der Waals surface area contributed by atoms with Gasteiger partial charge in [0.1, 0.15) is 24.7 Å². The van der Waals surface area contributed by atoms with E-state index in [2.05, 4.69) is 4.74 Å². The van der Waals surface area contributed by atoms with Crippen molar-refractivity contribution in [3.8, 4) is 11.5 Å². The van der Waals surface area contributed by atoms with Crippen molar-refractivity contribution in [2.75, 3.05) is 44.5 Å². The first kappa shape index (κ1) is 31.5. The van der Waals surface area contributed by atoms with Gasteiger partial charge in [0.2, 0.25) is 0 Å². The molecular weight excluding hydrogens is 561 g/mol. The molecule has 0 amide bonds. The van der Waals surface area contributed by atoms with Gasteiger partial charge in [0.25, 0.3) is 0 Å². The lowest BCUT2D eigenvalue weighted by Crippen LogP contribution is -2.19. The van der Waals surface area contributed by atoms with Gasteiger partial charge in [-0.25, -0.2) is 14.4 Å². The van der Waals surface area contributed by atoms with Gasteiger partial charge in [0.15, 0.2) is 6.61 Å². The van der Waals surface area contributed by atoms with Crippen molar-refractivity contribution in [3.63, 3.8) is 0 Å². The lowest BCUT2D eigenvalue weighted by Gasteiger charge is -2.09. The van der Waals surface area contributed by atoms with Crippen molar-refractivity contribution in [3.05, 3.63) is 89.5 Å². The molecule has 42 heavy (non-hydrogen) atoms. The standard InChI is InChI=1S/C29H27F3N2O8/c30-29(31,32)18-41-24-8-4-20(5-9-24)28(37)42-25-6-1-19(2-7-25)3-10-26(35)39-13-11-38-12-14-40-27(36)21-15-22(33)17-23(34)16-21/h1-10,15-17H,11-14,18,33-34H2/b10-3+. The quantitative estimate of drug-likeness (QED) is 0.0965. The van der Waals surface area contributed by atoms with Crippen molar-refractivity contribution >= 4 is 35.4 Å². The third-order valence-corrected chi connectivity index (χ3v) is 5.14. The van der Waals surface area contributed by atoms with Crippen LogP contribution in [-0.2, 0) is 19.0 Å². The summed E-state index contributed by atoms with van der Waals surface area (Å²) in [5, 5.41) is 0. The highest BCUT2D eigenvalue weighted by Gasteiger charge is 2.28. The fraction of sp³-hybridized carbons (Fsp3) is 0.207. The summed E-state index contributed by atoms with van der Waals surface area (Å²) in [5.74, 6) is -1.73. The molecule has 0 heterocycles. The third-order valence-electron chi connectivity index (χ3n) is 5.14. The van der Waals surface area contributed by atoms with E-state index in [1.54, 1.807) is 12.1 Å². The molecule has 13 heteroatoms. The molecule has 3 aromatic carbocycles. The molecular formula is C29H27F3N2O8. The van der Waals surface area contributed by atoms with Gasteiger partial charge in [-0.1, -0.05) is 12.1 Å². The van der Waals surface area contributed by atoms with E-state index in [1.165, 1.54) is 66.7 Å². The smallest absolute Gasteiger partial charge is 0.422 e. The van der Waals surface area contributed by atoms with Gasteiger partial charge in [-0.05, 0) is 66.2 Å². The predicted molar refractivity (Wildman–Crippen MR) is 146 cm³/mol. The zero-order chi connectivity index (χ0) is 30.5. The SMILES string of the molecule is Nc1cc(N)cc(C(=O)OCCOCCOC(=O)/C=C/c2ccc(OC(=O)c3ccc(OCC(F)(F)F)cc3)cc2)c1. The summed E-state index contributed by atoms with van der Waals surface area (Å²) in [4.78, 5) is 36.2. The van der Waals surface area contributed by atoms with Crippen LogP contribution in [0.2, 0.25) is 0 Å². The van der Waals surface area contributed by atoms with Crippen molar-refractivity contribution in [1.82, 2.24) is 0 Å². The number of anilines is 2. The fourth-order valence-corrected chi connectivity index (χ4v) is 3.25. The third kappa shape index (κ3) is 11.2. The van der Waals surface area contributed by atoms with Crippen LogP contribution in [0.4, 0.5) is 24.5 Å². The van der Waals surface area contributed by atoms with Crippen LogP contribution in [0.15, 0.2) is 72.8 Å². The van der Waals surface area contributed by atoms with Crippen LogP contribution in [0.3, 0.4) is 0 Å². The number of alkyl halides is 3. The summed E-state index contributed by atoms with van der Waals surface area (Å²) in [6.07, 6.45) is -1.76. The molecule has 10 nitrogen and oxygen atoms in total. The van der Waals surface area contributed by atoms with Crippen molar-refractivity contribution in [2.24, 2.45) is 0 Å². The van der Waals surface area contributed by atoms with Crippen LogP contribution < -0.4 is 20.9 Å². The second-order valence-corrected chi connectivity index (χ2v) is 8.52. The Morgan fingerprint density at radius 1 is 0.714 bits per heavy atom. The molecule has 0 aromatic heterocycles. The Hall–Kier alpha value is -5.04. The van der Waals surface area contributed by atoms with Gasteiger partial charge < -0.3 is 35.2 Å². The molecule has 0 unspecified atom stereocenters. The minimum absolute atomic E-state index is 0.0146. The second kappa shape index (κ2) is 15.1. The van der Waals surface area contributed by atoms with E-state index in [9.17, 15) is 27.6 Å². The van der Waals surface area contributed by atoms with E-state index < -0.39 is 30.7 Å². The molecule has 0 fully saturated rings. The topological polar surface area (TPSA) is 149 Å². The molecule has 0 spiro atoms. The number of rotatable bonds is 13. The number of carbonyl (C=O) groups excluding carboxylic acids is 3. The fourth-order valence-electron chi connectivity index (χ4n) is 3.25. The highest BCUT2D eigenvalue weighted by atomic mass is 19.4. The van der Waals surface area contributed by atoms with Crippen molar-refractivity contribution in [2.45, 2.75) is 6.18 Å². The Morgan fingerprint density at radius 3 is 1.93 bits per heavy atom. The molecule has 0 saturated heterocycles. The highest BCUT2D eigenvalue weighted by molar-refractivity contribution is 5.92. The summed E-state index contributed by atoms with van der Waals surface area (Å²) in [6, 6.07) is 15.7. The van der Waals surface area contributed by atoms with E-state index in [4.69, 9.17) is 30.4 Å². The van der Waals surface area contributed by atoms with Crippen LogP contribution in [0.5, 0.6) is 11.5 Å². The molecule has 0 atom stereocenters. The monoisotopic (exact) mass is 588 g/mol. The Kier molecular flexibility index (Phi) is 11.3. The minimum atomic E-state index is -4.47. The van der Waals surface area contributed by atoms with Gasteiger partial charge in [-0.2, -0.15) is 13.2 Å². The number of hydrogen-bond acceptors (Lipinski definition) is 10. The number of esters is 3. The van der Waals surface area contributed by atoms with E-state index in [0.29, 0.717) is 16.9 Å². The summed E-state index contributed by atoms with van der Waals surface area (Å²) in [7, 11) is 0. The van der Waals surface area contributed by atoms with E-state index >= 15 is 0 Å². The van der Waals surface area contributed by atoms with Crippen molar-refractivity contribution in [1.29, 1.82) is 0 Å². The maximum atomic E-state index is 12.3. The van der Waals surface area contributed by atoms with E-state index in [1.807, 2.05) is 0 Å². The van der Waals surface area contributed by atoms with Crippen LogP contribution >= 0.6 is 0 Å². The van der Waals surface area contributed by atoms with E-state index in [0.717, 1.165) is 0 Å². The summed E-state index contributed by atoms with van der Waals surface area (Å²) in [6.45, 7) is -1.29. The molecule has 0 aliphatic rings. The molecule has 0 bridgehead atoms. The Morgan fingerprint density at radius 2 is 1.31 bits per heavy atom. The molecule has 0 saturated carbocycles. The molecule has 3 rings (SSSR count). The summed E-state index contributed by atoms with van der Waals surface area (Å²) in [5.41, 5.74) is 13.0. The van der Waals surface area contributed by atoms with Gasteiger partial charge in [-0.3, -0.25) is 0 Å². The first-order valence-corrected chi connectivity index (χ1v) is 12.4. The zero-order valence-corrected chi connectivity index (χ0v) is 22.1. The van der Waals surface area contributed by atoms with Crippen LogP contribution in [0.1, 0.15) is 26.3 Å². The molecule has 0 radical (unpaired) electrons. The number of ether oxygens (including phenoxy) is 5. The van der Waals surface area contributed by atoms with Gasteiger partial charge >= 0.3 is 24.1 Å². The lowest BCUT2D eigenvalue weighted by atomic mass is 10.2. The molecule has 4 N–H and O–H groups in total. The largest absolute Gasteiger partial charge is 0.484 e.